The summed E-state index contributed by atoms with van der Waals surface area (Å²) in [6, 6.07) is 64.7. The molecule has 0 atom stereocenters. The Morgan fingerprint density at radius 1 is 0.333 bits per heavy atom. The zero-order chi connectivity index (χ0) is 37.5. The molecule has 4 aromatic heterocycles. The third-order valence-corrected chi connectivity index (χ3v) is 13.6. The lowest BCUT2D eigenvalue weighted by atomic mass is 10.00. The van der Waals surface area contributed by atoms with Gasteiger partial charge in [-0.2, -0.15) is 0 Å². The minimum Gasteiger partial charge on any atom is -0.309 e. The second-order valence-corrected chi connectivity index (χ2v) is 16.4. The molecule has 0 aliphatic rings. The average Bonchev–Trinajstić information content (AvgIpc) is 3.97. The molecule has 0 unspecified atom stereocenters. The van der Waals surface area contributed by atoms with E-state index in [4.69, 9.17) is 15.0 Å². The molecule has 0 N–H and O–H groups in total. The summed E-state index contributed by atoms with van der Waals surface area (Å²) in [5.41, 5.74) is 9.06. The van der Waals surface area contributed by atoms with Crippen LogP contribution in [0.15, 0.2) is 182 Å². The number of benzene rings is 8. The first kappa shape index (κ1) is 32.3. The quantitative estimate of drug-likeness (QED) is 0.175. The van der Waals surface area contributed by atoms with Gasteiger partial charge in [-0.25, -0.2) is 15.0 Å². The van der Waals surface area contributed by atoms with Crippen LogP contribution in [-0.4, -0.2) is 19.5 Å². The molecule has 0 aliphatic heterocycles. The lowest BCUT2D eigenvalue weighted by Crippen LogP contribution is -2.00. The van der Waals surface area contributed by atoms with Gasteiger partial charge in [-0.3, -0.25) is 0 Å². The fourth-order valence-electron chi connectivity index (χ4n) is 8.55. The van der Waals surface area contributed by atoms with Gasteiger partial charge in [0, 0.05) is 78.9 Å². The number of para-hydroxylation sites is 2. The minimum atomic E-state index is 0.662. The summed E-state index contributed by atoms with van der Waals surface area (Å²) in [5.74, 6) is 2.00. The van der Waals surface area contributed by atoms with Gasteiger partial charge < -0.3 is 4.57 Å². The lowest BCUT2D eigenvalue weighted by Gasteiger charge is -2.10. The summed E-state index contributed by atoms with van der Waals surface area (Å²) in [4.78, 5) is 15.2. The predicted octanol–water partition coefficient (Wildman–Crippen LogP) is 14.4. The summed E-state index contributed by atoms with van der Waals surface area (Å²) in [7, 11) is 0. The van der Waals surface area contributed by atoms with Gasteiger partial charge in [0.05, 0.1) is 16.7 Å². The molecule has 0 saturated carbocycles. The van der Waals surface area contributed by atoms with Crippen molar-refractivity contribution >= 4 is 84.8 Å². The number of thiophene rings is 2. The van der Waals surface area contributed by atoms with Crippen LogP contribution in [0.3, 0.4) is 0 Å². The van der Waals surface area contributed by atoms with Crippen LogP contribution in [0, 0.1) is 0 Å². The summed E-state index contributed by atoms with van der Waals surface area (Å²) < 4.78 is 7.45. The third kappa shape index (κ3) is 5.01. The van der Waals surface area contributed by atoms with Crippen LogP contribution in [0.4, 0.5) is 0 Å². The Morgan fingerprint density at radius 2 is 0.789 bits per heavy atom. The van der Waals surface area contributed by atoms with Crippen LogP contribution in [0.25, 0.3) is 113 Å². The topological polar surface area (TPSA) is 43.6 Å². The van der Waals surface area contributed by atoms with E-state index in [1.54, 1.807) is 0 Å². The van der Waals surface area contributed by atoms with Crippen LogP contribution in [0.1, 0.15) is 0 Å². The molecule has 0 bridgehead atoms. The maximum atomic E-state index is 5.12. The standard InChI is InChI=1S/C51H30N4S2/c1-3-15-31(16-4-1)49-52-50(32-17-5-2-6-18-32)54-51(53-49)40-26-13-24-38-36-22-11-21-35(46(36)57-48(38)40)37-23-12-25-39-45-43(29-14-30-44(45)56-47(37)39)55-41-27-9-7-19-33(41)34-20-8-10-28-42(34)55/h1-30H. The van der Waals surface area contributed by atoms with Gasteiger partial charge >= 0.3 is 0 Å². The molecule has 4 heterocycles. The number of fused-ring (bicyclic) bond motifs is 9. The predicted molar refractivity (Wildman–Crippen MR) is 242 cm³/mol. The van der Waals surface area contributed by atoms with Gasteiger partial charge in [-0.15, -0.1) is 22.7 Å². The Hall–Kier alpha value is -6.99. The van der Waals surface area contributed by atoms with E-state index in [9.17, 15) is 0 Å². The zero-order valence-electron chi connectivity index (χ0n) is 30.4. The van der Waals surface area contributed by atoms with Crippen molar-refractivity contribution in [3.05, 3.63) is 182 Å². The van der Waals surface area contributed by atoms with Gasteiger partial charge in [-0.1, -0.05) is 152 Å². The average molecular weight is 763 g/mol. The normalized spacial score (nSPS) is 11.9. The Balaban J connectivity index is 1.07. The Bertz CT molecular complexity index is 3410. The molecule has 12 aromatic rings. The molecule has 266 valence electrons. The fourth-order valence-corrected chi connectivity index (χ4v) is 11.1. The fraction of sp³-hybridized carbons (Fsp3) is 0. The largest absolute Gasteiger partial charge is 0.309 e. The second kappa shape index (κ2) is 12.8. The molecule has 0 aliphatic carbocycles. The van der Waals surface area contributed by atoms with Crippen LogP contribution < -0.4 is 0 Å². The highest BCUT2D eigenvalue weighted by atomic mass is 32.1. The van der Waals surface area contributed by atoms with E-state index in [0.29, 0.717) is 17.5 Å². The summed E-state index contributed by atoms with van der Waals surface area (Å²) >= 11 is 3.71. The van der Waals surface area contributed by atoms with Gasteiger partial charge in [0.2, 0.25) is 0 Å². The summed E-state index contributed by atoms with van der Waals surface area (Å²) in [5, 5.41) is 7.54. The first-order valence-corrected chi connectivity index (χ1v) is 20.7. The van der Waals surface area contributed by atoms with Crippen LogP contribution in [0.5, 0.6) is 0 Å². The summed E-state index contributed by atoms with van der Waals surface area (Å²) in [6.07, 6.45) is 0. The molecule has 0 amide bonds. The third-order valence-electron chi connectivity index (χ3n) is 11.1. The molecular weight excluding hydrogens is 733 g/mol. The van der Waals surface area contributed by atoms with Crippen molar-refractivity contribution in [2.45, 2.75) is 0 Å². The smallest absolute Gasteiger partial charge is 0.165 e. The lowest BCUT2D eigenvalue weighted by molar-refractivity contribution is 1.08. The van der Waals surface area contributed by atoms with E-state index in [0.717, 1.165) is 16.7 Å². The number of hydrogen-bond acceptors (Lipinski definition) is 5. The Kier molecular flexibility index (Phi) is 7.24. The number of hydrogen-bond donors (Lipinski definition) is 0. The Morgan fingerprint density at radius 3 is 1.40 bits per heavy atom. The maximum Gasteiger partial charge on any atom is 0.165 e. The number of nitrogens with zero attached hydrogens (tertiary/aromatic N) is 4. The molecule has 12 rings (SSSR count). The molecule has 0 saturated heterocycles. The Labute approximate surface area is 335 Å². The highest BCUT2D eigenvalue weighted by molar-refractivity contribution is 7.27. The van der Waals surface area contributed by atoms with Crippen molar-refractivity contribution in [2.75, 3.05) is 0 Å². The molecule has 0 radical (unpaired) electrons. The van der Waals surface area contributed by atoms with E-state index in [-0.39, 0.29) is 0 Å². The van der Waals surface area contributed by atoms with Gasteiger partial charge in [-0.05, 0) is 30.3 Å². The molecular formula is C51H30N4S2. The second-order valence-electron chi connectivity index (χ2n) is 14.3. The minimum absolute atomic E-state index is 0.662. The number of aromatic nitrogens is 4. The van der Waals surface area contributed by atoms with Crippen molar-refractivity contribution in [1.82, 2.24) is 19.5 Å². The highest BCUT2D eigenvalue weighted by Gasteiger charge is 2.21. The van der Waals surface area contributed by atoms with E-state index in [1.165, 1.54) is 79.0 Å². The molecule has 8 aromatic carbocycles. The molecule has 4 nitrogen and oxygen atoms in total. The van der Waals surface area contributed by atoms with E-state index in [2.05, 4.69) is 150 Å². The van der Waals surface area contributed by atoms with E-state index >= 15 is 0 Å². The van der Waals surface area contributed by atoms with Crippen molar-refractivity contribution in [1.29, 1.82) is 0 Å². The SMILES string of the molecule is c1ccc(-c2nc(-c3ccccc3)nc(-c3cccc4c3sc3c(-c5cccc6c5sc5cccc(-n7c8ccccc8c8ccccc87)c56)cccc34)n2)cc1. The monoisotopic (exact) mass is 762 g/mol. The van der Waals surface area contributed by atoms with Gasteiger partial charge in [0.15, 0.2) is 17.5 Å². The van der Waals surface area contributed by atoms with Crippen molar-refractivity contribution < 1.29 is 0 Å². The van der Waals surface area contributed by atoms with Crippen LogP contribution >= 0.6 is 22.7 Å². The summed E-state index contributed by atoms with van der Waals surface area (Å²) in [6.45, 7) is 0. The highest BCUT2D eigenvalue weighted by Crippen LogP contribution is 2.48. The van der Waals surface area contributed by atoms with E-state index < -0.39 is 0 Å². The van der Waals surface area contributed by atoms with Gasteiger partial charge in [0.1, 0.15) is 0 Å². The molecule has 57 heavy (non-hydrogen) atoms. The molecule has 6 heteroatoms. The van der Waals surface area contributed by atoms with E-state index in [1.807, 2.05) is 59.1 Å². The molecule has 0 fully saturated rings. The van der Waals surface area contributed by atoms with Crippen molar-refractivity contribution in [2.24, 2.45) is 0 Å². The zero-order valence-corrected chi connectivity index (χ0v) is 32.1. The number of rotatable bonds is 5. The van der Waals surface area contributed by atoms with Gasteiger partial charge in [0.25, 0.3) is 0 Å². The van der Waals surface area contributed by atoms with Crippen molar-refractivity contribution in [3.8, 4) is 51.0 Å². The molecule has 0 spiro atoms. The maximum absolute atomic E-state index is 5.12. The van der Waals surface area contributed by atoms with Crippen molar-refractivity contribution in [3.63, 3.8) is 0 Å². The van der Waals surface area contributed by atoms with Crippen LogP contribution in [0.2, 0.25) is 0 Å². The first-order chi connectivity index (χ1) is 28.3. The van der Waals surface area contributed by atoms with Crippen LogP contribution in [-0.2, 0) is 0 Å². The first-order valence-electron chi connectivity index (χ1n) is 19.0.